The fraction of sp³-hybridized carbons (Fsp3) is 0.222. The van der Waals surface area contributed by atoms with Crippen LogP contribution < -0.4 is 0 Å². The summed E-state index contributed by atoms with van der Waals surface area (Å²) >= 11 is 4.91. The molecule has 0 heterocycles. The largest absolute Gasteiger partial charge is 0.396 e. The molecule has 70 valence electrons. The molecule has 0 radical (unpaired) electrons. The van der Waals surface area contributed by atoms with Crippen molar-refractivity contribution in [3.63, 3.8) is 0 Å². The summed E-state index contributed by atoms with van der Waals surface area (Å²) in [5, 5.41) is 8.63. The second-order valence-corrected chi connectivity index (χ2v) is 4.37. The van der Waals surface area contributed by atoms with Gasteiger partial charge in [0.2, 0.25) is 0 Å². The Labute approximate surface area is 89.5 Å². The SMILES string of the molecule is O=Cc1ccc(SCCO)c(Br)c1. The number of aliphatic hydroxyl groups excluding tert-OH is 1. The van der Waals surface area contributed by atoms with Crippen molar-refractivity contribution in [1.29, 1.82) is 0 Å². The van der Waals surface area contributed by atoms with E-state index in [0.717, 1.165) is 15.7 Å². The molecule has 0 fully saturated rings. The average molecular weight is 261 g/mol. The average Bonchev–Trinajstić information content (AvgIpc) is 2.16. The Hall–Kier alpha value is -0.320. The first-order chi connectivity index (χ1) is 6.27. The molecule has 2 nitrogen and oxygen atoms in total. The molecule has 4 heteroatoms. The zero-order chi connectivity index (χ0) is 9.68. The molecule has 1 aromatic rings. The van der Waals surface area contributed by atoms with E-state index in [2.05, 4.69) is 15.9 Å². The van der Waals surface area contributed by atoms with Crippen LogP contribution in [0.1, 0.15) is 10.4 Å². The molecular formula is C9H9BrO2S. The van der Waals surface area contributed by atoms with E-state index in [-0.39, 0.29) is 6.61 Å². The minimum absolute atomic E-state index is 0.159. The number of aldehydes is 1. The highest BCUT2D eigenvalue weighted by Crippen LogP contribution is 2.27. The molecule has 0 spiro atoms. The van der Waals surface area contributed by atoms with Crippen LogP contribution >= 0.6 is 27.7 Å². The number of benzene rings is 1. The maximum Gasteiger partial charge on any atom is 0.150 e. The Morgan fingerprint density at radius 1 is 1.54 bits per heavy atom. The first-order valence-electron chi connectivity index (χ1n) is 3.76. The smallest absolute Gasteiger partial charge is 0.150 e. The lowest BCUT2D eigenvalue weighted by Gasteiger charge is -2.02. The van der Waals surface area contributed by atoms with Crippen molar-refractivity contribution in [3.05, 3.63) is 28.2 Å². The Bertz CT molecular complexity index is 302. The van der Waals surface area contributed by atoms with Gasteiger partial charge in [0, 0.05) is 20.7 Å². The first-order valence-corrected chi connectivity index (χ1v) is 5.54. The van der Waals surface area contributed by atoms with Gasteiger partial charge in [-0.15, -0.1) is 11.8 Å². The van der Waals surface area contributed by atoms with E-state index < -0.39 is 0 Å². The maximum absolute atomic E-state index is 10.4. The number of halogens is 1. The van der Waals surface area contributed by atoms with E-state index in [1.807, 2.05) is 6.07 Å². The molecule has 0 aliphatic rings. The van der Waals surface area contributed by atoms with Gasteiger partial charge in [0.25, 0.3) is 0 Å². The fourth-order valence-electron chi connectivity index (χ4n) is 0.863. The fourth-order valence-corrected chi connectivity index (χ4v) is 2.28. The summed E-state index contributed by atoms with van der Waals surface area (Å²) in [6.45, 7) is 0.159. The number of carbonyl (C=O) groups excluding carboxylic acids is 1. The van der Waals surface area contributed by atoms with Crippen LogP contribution in [0.3, 0.4) is 0 Å². The molecular weight excluding hydrogens is 252 g/mol. The van der Waals surface area contributed by atoms with E-state index in [1.165, 1.54) is 0 Å². The third-order valence-corrected chi connectivity index (χ3v) is 3.41. The predicted molar refractivity (Wildman–Crippen MR) is 57.3 cm³/mol. The molecule has 0 unspecified atom stereocenters. The maximum atomic E-state index is 10.4. The van der Waals surface area contributed by atoms with Crippen LogP contribution in [-0.2, 0) is 0 Å². The van der Waals surface area contributed by atoms with Gasteiger partial charge in [-0.3, -0.25) is 4.79 Å². The second kappa shape index (κ2) is 5.42. The highest BCUT2D eigenvalue weighted by atomic mass is 79.9. The van der Waals surface area contributed by atoms with E-state index in [1.54, 1.807) is 23.9 Å². The third kappa shape index (κ3) is 3.14. The topological polar surface area (TPSA) is 37.3 Å². The van der Waals surface area contributed by atoms with E-state index in [0.29, 0.717) is 11.3 Å². The summed E-state index contributed by atoms with van der Waals surface area (Å²) in [6.07, 6.45) is 0.811. The van der Waals surface area contributed by atoms with E-state index >= 15 is 0 Å². The summed E-state index contributed by atoms with van der Waals surface area (Å²) in [5.74, 6) is 0.666. The minimum Gasteiger partial charge on any atom is -0.396 e. The molecule has 0 saturated heterocycles. The third-order valence-electron chi connectivity index (χ3n) is 1.44. The number of hydrogen-bond acceptors (Lipinski definition) is 3. The Morgan fingerprint density at radius 3 is 2.85 bits per heavy atom. The van der Waals surface area contributed by atoms with Crippen LogP contribution in [0.2, 0.25) is 0 Å². The number of carbonyl (C=O) groups is 1. The lowest BCUT2D eigenvalue weighted by atomic mass is 10.2. The van der Waals surface area contributed by atoms with Crippen molar-refractivity contribution in [1.82, 2.24) is 0 Å². The van der Waals surface area contributed by atoms with E-state index in [4.69, 9.17) is 5.11 Å². The van der Waals surface area contributed by atoms with Crippen LogP contribution in [0.5, 0.6) is 0 Å². The van der Waals surface area contributed by atoms with Gasteiger partial charge in [0.1, 0.15) is 6.29 Å². The highest BCUT2D eigenvalue weighted by Gasteiger charge is 2.00. The number of rotatable bonds is 4. The number of thioether (sulfide) groups is 1. The molecule has 0 aliphatic carbocycles. The standard InChI is InChI=1S/C9H9BrO2S/c10-8-5-7(6-12)1-2-9(8)13-4-3-11/h1-2,5-6,11H,3-4H2. The van der Waals surface area contributed by atoms with Crippen molar-refractivity contribution in [2.75, 3.05) is 12.4 Å². The summed E-state index contributed by atoms with van der Waals surface area (Å²) in [6, 6.07) is 5.40. The van der Waals surface area contributed by atoms with Crippen molar-refractivity contribution >= 4 is 34.0 Å². The molecule has 0 amide bonds. The Balaban J connectivity index is 2.79. The van der Waals surface area contributed by atoms with Crippen molar-refractivity contribution < 1.29 is 9.90 Å². The molecule has 1 aromatic carbocycles. The molecule has 1 rings (SSSR count). The van der Waals surface area contributed by atoms with Crippen LogP contribution in [-0.4, -0.2) is 23.8 Å². The van der Waals surface area contributed by atoms with Gasteiger partial charge in [0.05, 0.1) is 6.61 Å². The van der Waals surface area contributed by atoms with Gasteiger partial charge >= 0.3 is 0 Å². The van der Waals surface area contributed by atoms with Gasteiger partial charge in [-0.05, 0) is 28.1 Å². The van der Waals surface area contributed by atoms with Gasteiger partial charge in [-0.25, -0.2) is 0 Å². The monoisotopic (exact) mass is 260 g/mol. The van der Waals surface area contributed by atoms with Gasteiger partial charge in [0.15, 0.2) is 0 Å². The molecule has 0 saturated carbocycles. The second-order valence-electron chi connectivity index (χ2n) is 2.38. The molecule has 13 heavy (non-hydrogen) atoms. The van der Waals surface area contributed by atoms with Crippen LogP contribution in [0.25, 0.3) is 0 Å². The molecule has 0 aromatic heterocycles. The van der Waals surface area contributed by atoms with Crippen LogP contribution in [0.4, 0.5) is 0 Å². The molecule has 1 N–H and O–H groups in total. The lowest BCUT2D eigenvalue weighted by Crippen LogP contribution is -1.87. The van der Waals surface area contributed by atoms with Gasteiger partial charge < -0.3 is 5.11 Å². The first kappa shape index (κ1) is 10.8. The van der Waals surface area contributed by atoms with Crippen LogP contribution in [0.15, 0.2) is 27.6 Å². The Morgan fingerprint density at radius 2 is 2.31 bits per heavy atom. The molecule has 0 atom stereocenters. The summed E-state index contributed by atoms with van der Waals surface area (Å²) < 4.78 is 0.899. The predicted octanol–water partition coefficient (Wildman–Crippen LogP) is 2.35. The van der Waals surface area contributed by atoms with E-state index in [9.17, 15) is 4.79 Å². The number of aliphatic hydroxyl groups is 1. The zero-order valence-electron chi connectivity index (χ0n) is 6.87. The van der Waals surface area contributed by atoms with Crippen molar-refractivity contribution in [2.45, 2.75) is 4.90 Å². The Kier molecular flexibility index (Phi) is 4.48. The quantitative estimate of drug-likeness (QED) is 0.667. The normalized spacial score (nSPS) is 10.0. The van der Waals surface area contributed by atoms with Gasteiger partial charge in [-0.2, -0.15) is 0 Å². The molecule has 0 aliphatic heterocycles. The van der Waals surface area contributed by atoms with Crippen molar-refractivity contribution in [2.24, 2.45) is 0 Å². The molecule has 0 bridgehead atoms. The van der Waals surface area contributed by atoms with Crippen molar-refractivity contribution in [3.8, 4) is 0 Å². The summed E-state index contributed by atoms with van der Waals surface area (Å²) in [7, 11) is 0. The summed E-state index contributed by atoms with van der Waals surface area (Å²) in [4.78, 5) is 11.5. The van der Waals surface area contributed by atoms with Crippen LogP contribution in [0, 0.1) is 0 Å². The highest BCUT2D eigenvalue weighted by molar-refractivity contribution is 9.10. The summed E-state index contributed by atoms with van der Waals surface area (Å²) in [5.41, 5.74) is 0.653. The lowest BCUT2D eigenvalue weighted by molar-refractivity contribution is 0.112. The number of hydrogen-bond donors (Lipinski definition) is 1. The van der Waals surface area contributed by atoms with Gasteiger partial charge in [-0.1, -0.05) is 6.07 Å². The zero-order valence-corrected chi connectivity index (χ0v) is 9.27. The minimum atomic E-state index is 0.159.